The summed E-state index contributed by atoms with van der Waals surface area (Å²) in [5.41, 5.74) is -0.324. The average Bonchev–Trinajstić information content (AvgIpc) is 2.81. The molecule has 0 heterocycles. The predicted octanol–water partition coefficient (Wildman–Crippen LogP) is 4.47. The number of hydrogen-bond acceptors (Lipinski definition) is 1. The molecule has 0 aromatic heterocycles. The summed E-state index contributed by atoms with van der Waals surface area (Å²) in [6.45, 7) is 0. The third kappa shape index (κ3) is 3.12. The number of halogens is 3. The van der Waals surface area contributed by atoms with Gasteiger partial charge in [0.2, 0.25) is 0 Å². The molecule has 0 atom stereocenters. The Labute approximate surface area is 104 Å². The average molecular weight is 256 g/mol. The maximum Gasteiger partial charge on any atom is 0.416 e. The van der Waals surface area contributed by atoms with Crippen LogP contribution in [0.1, 0.15) is 48.0 Å². The number of benzene rings is 1. The first kappa shape index (κ1) is 13.1. The van der Waals surface area contributed by atoms with E-state index in [0.29, 0.717) is 17.9 Å². The lowest BCUT2D eigenvalue weighted by Gasteiger charge is -2.09. The zero-order valence-corrected chi connectivity index (χ0v) is 9.96. The fourth-order valence-corrected chi connectivity index (χ4v) is 2.44. The van der Waals surface area contributed by atoms with Crippen LogP contribution in [0.3, 0.4) is 0 Å². The zero-order chi connectivity index (χ0) is 13.2. The molecule has 0 N–H and O–H groups in total. The van der Waals surface area contributed by atoms with Gasteiger partial charge in [-0.2, -0.15) is 13.2 Å². The van der Waals surface area contributed by atoms with E-state index in [4.69, 9.17) is 0 Å². The van der Waals surface area contributed by atoms with Crippen molar-refractivity contribution in [3.05, 3.63) is 35.4 Å². The molecule has 0 spiro atoms. The van der Waals surface area contributed by atoms with Crippen molar-refractivity contribution < 1.29 is 18.0 Å². The largest absolute Gasteiger partial charge is 0.416 e. The molecule has 1 nitrogen and oxygen atoms in total. The number of Topliss-reactive ketones (excluding diaryl/α,β-unsaturated/α-hetero) is 1. The highest BCUT2D eigenvalue weighted by Crippen LogP contribution is 2.31. The van der Waals surface area contributed by atoms with Crippen LogP contribution in [0.15, 0.2) is 24.3 Å². The first-order valence-electron chi connectivity index (χ1n) is 6.17. The molecule has 2 rings (SSSR count). The first-order chi connectivity index (χ1) is 8.47. The Kier molecular flexibility index (Phi) is 3.73. The van der Waals surface area contributed by atoms with Crippen LogP contribution < -0.4 is 0 Å². The van der Waals surface area contributed by atoms with Gasteiger partial charge in [0.25, 0.3) is 0 Å². The quantitative estimate of drug-likeness (QED) is 0.729. The van der Waals surface area contributed by atoms with Crippen molar-refractivity contribution in [1.29, 1.82) is 0 Å². The maximum absolute atomic E-state index is 12.4. The Morgan fingerprint density at radius 3 is 2.17 bits per heavy atom. The zero-order valence-electron chi connectivity index (χ0n) is 9.96. The lowest BCUT2D eigenvalue weighted by molar-refractivity contribution is -0.137. The monoisotopic (exact) mass is 256 g/mol. The molecule has 98 valence electrons. The second-order valence-corrected chi connectivity index (χ2v) is 4.85. The SMILES string of the molecule is O=C(CC1CCCC1)c1ccc(C(F)(F)F)cc1. The second-order valence-electron chi connectivity index (χ2n) is 4.85. The van der Waals surface area contributed by atoms with Gasteiger partial charge in [-0.1, -0.05) is 37.8 Å². The van der Waals surface area contributed by atoms with E-state index in [-0.39, 0.29) is 5.78 Å². The lowest BCUT2D eigenvalue weighted by atomic mass is 9.96. The predicted molar refractivity (Wildman–Crippen MR) is 62.3 cm³/mol. The van der Waals surface area contributed by atoms with Gasteiger partial charge in [0.15, 0.2) is 5.78 Å². The van der Waals surface area contributed by atoms with Crippen molar-refractivity contribution in [2.75, 3.05) is 0 Å². The van der Waals surface area contributed by atoms with Crippen LogP contribution >= 0.6 is 0 Å². The van der Waals surface area contributed by atoms with E-state index in [2.05, 4.69) is 0 Å². The highest BCUT2D eigenvalue weighted by Gasteiger charge is 2.30. The van der Waals surface area contributed by atoms with E-state index in [1.54, 1.807) is 0 Å². The third-order valence-electron chi connectivity index (χ3n) is 3.48. The molecule has 18 heavy (non-hydrogen) atoms. The van der Waals surface area contributed by atoms with Gasteiger partial charge in [-0.3, -0.25) is 4.79 Å². The topological polar surface area (TPSA) is 17.1 Å². The number of ketones is 1. The molecule has 0 unspecified atom stereocenters. The Hall–Kier alpha value is -1.32. The van der Waals surface area contributed by atoms with Gasteiger partial charge < -0.3 is 0 Å². The molecule has 0 aliphatic heterocycles. The van der Waals surface area contributed by atoms with Crippen LogP contribution in [0.2, 0.25) is 0 Å². The van der Waals surface area contributed by atoms with E-state index in [1.807, 2.05) is 0 Å². The lowest BCUT2D eigenvalue weighted by Crippen LogP contribution is -2.08. The molecule has 0 radical (unpaired) electrons. The minimum atomic E-state index is -4.34. The van der Waals surface area contributed by atoms with E-state index < -0.39 is 11.7 Å². The highest BCUT2D eigenvalue weighted by atomic mass is 19.4. The summed E-state index contributed by atoms with van der Waals surface area (Å²) in [6, 6.07) is 4.50. The molecule has 1 aliphatic carbocycles. The van der Waals surface area contributed by atoms with E-state index in [9.17, 15) is 18.0 Å². The second kappa shape index (κ2) is 5.12. The molecule has 1 aromatic rings. The van der Waals surface area contributed by atoms with Gasteiger partial charge in [0.05, 0.1) is 5.56 Å². The molecule has 1 fully saturated rings. The summed E-state index contributed by atoms with van der Waals surface area (Å²) in [6.07, 6.45) is 0.563. The van der Waals surface area contributed by atoms with Crippen LogP contribution in [0.4, 0.5) is 13.2 Å². The Balaban J connectivity index is 2.02. The van der Waals surface area contributed by atoms with E-state index >= 15 is 0 Å². The van der Waals surface area contributed by atoms with Crippen LogP contribution in [0.5, 0.6) is 0 Å². The molecule has 1 aliphatic rings. The maximum atomic E-state index is 12.4. The van der Waals surface area contributed by atoms with Gasteiger partial charge in [0, 0.05) is 12.0 Å². The van der Waals surface area contributed by atoms with Gasteiger partial charge in [-0.05, 0) is 18.1 Å². The van der Waals surface area contributed by atoms with Gasteiger partial charge >= 0.3 is 6.18 Å². The van der Waals surface area contributed by atoms with Crippen LogP contribution in [0, 0.1) is 5.92 Å². The molecule has 1 saturated carbocycles. The number of rotatable bonds is 3. The van der Waals surface area contributed by atoms with Crippen molar-refractivity contribution in [2.24, 2.45) is 5.92 Å². The third-order valence-corrected chi connectivity index (χ3v) is 3.48. The number of carbonyl (C=O) groups excluding carboxylic acids is 1. The number of hydrogen-bond donors (Lipinski definition) is 0. The Morgan fingerprint density at radius 1 is 1.11 bits per heavy atom. The van der Waals surface area contributed by atoms with Crippen LogP contribution in [-0.2, 0) is 6.18 Å². The van der Waals surface area contributed by atoms with Crippen molar-refractivity contribution in [3.8, 4) is 0 Å². The molecule has 0 bridgehead atoms. The normalized spacial score (nSPS) is 17.1. The molecular formula is C14H15F3O. The Morgan fingerprint density at radius 2 is 1.67 bits per heavy atom. The first-order valence-corrected chi connectivity index (χ1v) is 6.17. The molecule has 0 saturated heterocycles. The van der Waals surface area contributed by atoms with Crippen molar-refractivity contribution in [3.63, 3.8) is 0 Å². The molecule has 0 amide bonds. The fourth-order valence-electron chi connectivity index (χ4n) is 2.44. The van der Waals surface area contributed by atoms with Gasteiger partial charge in [-0.25, -0.2) is 0 Å². The summed E-state index contributed by atoms with van der Waals surface area (Å²) in [7, 11) is 0. The number of carbonyl (C=O) groups is 1. The van der Waals surface area contributed by atoms with Gasteiger partial charge in [-0.15, -0.1) is 0 Å². The summed E-state index contributed by atoms with van der Waals surface area (Å²) in [5, 5.41) is 0. The minimum Gasteiger partial charge on any atom is -0.294 e. The van der Waals surface area contributed by atoms with E-state index in [0.717, 1.165) is 37.8 Å². The Bertz CT molecular complexity index is 414. The van der Waals surface area contributed by atoms with E-state index in [1.165, 1.54) is 12.1 Å². The van der Waals surface area contributed by atoms with Crippen molar-refractivity contribution in [1.82, 2.24) is 0 Å². The standard InChI is InChI=1S/C14H15F3O/c15-14(16,17)12-7-5-11(6-8-12)13(18)9-10-3-1-2-4-10/h5-8,10H,1-4,9H2. The summed E-state index contributed by atoms with van der Waals surface area (Å²) >= 11 is 0. The molecule has 4 heteroatoms. The van der Waals surface area contributed by atoms with Crippen LogP contribution in [0.25, 0.3) is 0 Å². The summed E-state index contributed by atoms with van der Waals surface area (Å²) < 4.78 is 37.1. The number of alkyl halides is 3. The summed E-state index contributed by atoms with van der Waals surface area (Å²) in [4.78, 5) is 11.9. The minimum absolute atomic E-state index is 0.0457. The summed E-state index contributed by atoms with van der Waals surface area (Å²) in [5.74, 6) is 0.371. The van der Waals surface area contributed by atoms with Crippen molar-refractivity contribution in [2.45, 2.75) is 38.3 Å². The molecule has 1 aromatic carbocycles. The highest BCUT2D eigenvalue weighted by molar-refractivity contribution is 5.96. The fraction of sp³-hybridized carbons (Fsp3) is 0.500. The smallest absolute Gasteiger partial charge is 0.294 e. The van der Waals surface area contributed by atoms with Crippen LogP contribution in [-0.4, -0.2) is 5.78 Å². The van der Waals surface area contributed by atoms with Crippen molar-refractivity contribution >= 4 is 5.78 Å². The molecular weight excluding hydrogens is 241 g/mol. The van der Waals surface area contributed by atoms with Gasteiger partial charge in [0.1, 0.15) is 0 Å².